The highest BCUT2D eigenvalue weighted by Crippen LogP contribution is 2.22. The van der Waals surface area contributed by atoms with Crippen molar-refractivity contribution >= 4 is 5.91 Å². The lowest BCUT2D eigenvalue weighted by Gasteiger charge is -2.31. The molecule has 0 bridgehead atoms. The van der Waals surface area contributed by atoms with Gasteiger partial charge in [0.1, 0.15) is 0 Å². The lowest BCUT2D eigenvalue weighted by molar-refractivity contribution is 0.0761. The summed E-state index contributed by atoms with van der Waals surface area (Å²) in [6.45, 7) is 3.46. The highest BCUT2D eigenvalue weighted by Gasteiger charge is 2.23. The van der Waals surface area contributed by atoms with Crippen LogP contribution in [-0.2, 0) is 6.42 Å². The summed E-state index contributed by atoms with van der Waals surface area (Å²) in [7, 11) is 1.66. The van der Waals surface area contributed by atoms with E-state index in [-0.39, 0.29) is 12.5 Å². The quantitative estimate of drug-likeness (QED) is 0.763. The fourth-order valence-electron chi connectivity index (χ4n) is 3.56. The number of carbonyl (C=O) groups excluding carboxylic acids is 1. The summed E-state index contributed by atoms with van der Waals surface area (Å²) in [5, 5.41) is 17.1. The van der Waals surface area contributed by atoms with Gasteiger partial charge in [0.2, 0.25) is 0 Å². The van der Waals surface area contributed by atoms with E-state index in [0.717, 1.165) is 38.9 Å². The van der Waals surface area contributed by atoms with E-state index in [2.05, 4.69) is 45.5 Å². The average Bonchev–Trinajstić information content (AvgIpc) is 3.19. The summed E-state index contributed by atoms with van der Waals surface area (Å²) < 4.78 is 1.83. The van der Waals surface area contributed by atoms with Crippen LogP contribution < -0.4 is 0 Å². The van der Waals surface area contributed by atoms with Crippen molar-refractivity contribution in [3.05, 3.63) is 47.8 Å². The lowest BCUT2D eigenvalue weighted by Crippen LogP contribution is -2.35. The van der Waals surface area contributed by atoms with Crippen LogP contribution in [0.4, 0.5) is 0 Å². The van der Waals surface area contributed by atoms with Gasteiger partial charge in [0.05, 0.1) is 18.8 Å². The standard InChI is InChI=1S/C20H29N5O2/c1-23(14-15-26)20(27)19-16-25(22-21-19)18-9-12-24(13-10-18)11-5-8-17-6-3-2-4-7-17/h2-4,6-7,16,18,26H,5,8-15H2,1H3. The van der Waals surface area contributed by atoms with E-state index in [1.54, 1.807) is 13.2 Å². The molecule has 1 fully saturated rings. The van der Waals surface area contributed by atoms with Gasteiger partial charge >= 0.3 is 0 Å². The third-order valence-corrected chi connectivity index (χ3v) is 5.23. The van der Waals surface area contributed by atoms with Crippen LogP contribution >= 0.6 is 0 Å². The second-order valence-corrected chi connectivity index (χ2v) is 7.20. The van der Waals surface area contributed by atoms with Crippen molar-refractivity contribution in [3.63, 3.8) is 0 Å². The first kappa shape index (κ1) is 19.5. The summed E-state index contributed by atoms with van der Waals surface area (Å²) in [4.78, 5) is 16.2. The van der Waals surface area contributed by atoms with Gasteiger partial charge in [-0.1, -0.05) is 35.5 Å². The van der Waals surface area contributed by atoms with E-state index in [1.165, 1.54) is 16.9 Å². The Balaban J connectivity index is 1.43. The minimum atomic E-state index is -0.200. The molecule has 1 N–H and O–H groups in total. The molecule has 146 valence electrons. The van der Waals surface area contributed by atoms with Crippen LogP contribution in [0.25, 0.3) is 0 Å². The minimum absolute atomic E-state index is 0.0564. The van der Waals surface area contributed by atoms with Crippen LogP contribution in [0.2, 0.25) is 0 Å². The number of benzene rings is 1. The van der Waals surface area contributed by atoms with Crippen molar-refractivity contribution in [1.29, 1.82) is 0 Å². The number of nitrogens with zero attached hydrogens (tertiary/aromatic N) is 5. The number of rotatable bonds is 8. The Bertz CT molecular complexity index is 710. The van der Waals surface area contributed by atoms with Crippen molar-refractivity contribution in [2.45, 2.75) is 31.7 Å². The molecule has 1 amide bonds. The zero-order valence-corrected chi connectivity index (χ0v) is 16.0. The molecule has 3 rings (SSSR count). The highest BCUT2D eigenvalue weighted by molar-refractivity contribution is 5.91. The van der Waals surface area contributed by atoms with Gasteiger partial charge in [-0.2, -0.15) is 0 Å². The molecule has 0 spiro atoms. The first-order valence-corrected chi connectivity index (χ1v) is 9.72. The predicted octanol–water partition coefficient (Wildman–Crippen LogP) is 1.61. The second kappa shape index (κ2) is 9.62. The maximum absolute atomic E-state index is 12.2. The Morgan fingerprint density at radius 2 is 2.00 bits per heavy atom. The first-order chi connectivity index (χ1) is 13.2. The second-order valence-electron chi connectivity index (χ2n) is 7.20. The van der Waals surface area contributed by atoms with E-state index in [9.17, 15) is 4.79 Å². The van der Waals surface area contributed by atoms with Gasteiger partial charge in [-0.15, -0.1) is 5.10 Å². The molecular formula is C20H29N5O2. The van der Waals surface area contributed by atoms with E-state index < -0.39 is 0 Å². The van der Waals surface area contributed by atoms with Gasteiger partial charge in [-0.25, -0.2) is 4.68 Å². The molecule has 1 aromatic heterocycles. The lowest BCUT2D eigenvalue weighted by atomic mass is 10.0. The number of likely N-dealkylation sites (tertiary alicyclic amines) is 1. The van der Waals surface area contributed by atoms with Gasteiger partial charge < -0.3 is 14.9 Å². The van der Waals surface area contributed by atoms with Gasteiger partial charge in [-0.05, 0) is 37.8 Å². The summed E-state index contributed by atoms with van der Waals surface area (Å²) in [5.74, 6) is -0.200. The number of aromatic nitrogens is 3. The van der Waals surface area contributed by atoms with Crippen LogP contribution in [0.3, 0.4) is 0 Å². The Kier molecular flexibility index (Phi) is 6.95. The summed E-state index contributed by atoms with van der Waals surface area (Å²) in [6.07, 6.45) is 6.08. The topological polar surface area (TPSA) is 74.5 Å². The van der Waals surface area contributed by atoms with Crippen molar-refractivity contribution in [2.75, 3.05) is 39.8 Å². The molecule has 2 heterocycles. The van der Waals surface area contributed by atoms with Crippen molar-refractivity contribution in [1.82, 2.24) is 24.8 Å². The maximum atomic E-state index is 12.2. The van der Waals surface area contributed by atoms with Gasteiger partial charge in [-0.3, -0.25) is 4.79 Å². The molecule has 7 heteroatoms. The number of carbonyl (C=O) groups is 1. The molecule has 0 unspecified atom stereocenters. The number of hydrogen-bond acceptors (Lipinski definition) is 5. The summed E-state index contributed by atoms with van der Waals surface area (Å²) in [5.41, 5.74) is 1.75. The largest absolute Gasteiger partial charge is 0.395 e. The number of hydrogen-bond donors (Lipinski definition) is 1. The number of likely N-dealkylation sites (N-methyl/N-ethyl adjacent to an activating group) is 1. The SMILES string of the molecule is CN(CCO)C(=O)c1cn(C2CCN(CCCc3ccccc3)CC2)nn1. The molecular weight excluding hydrogens is 342 g/mol. The van der Waals surface area contributed by atoms with E-state index in [1.807, 2.05) is 4.68 Å². The van der Waals surface area contributed by atoms with Crippen molar-refractivity contribution < 1.29 is 9.90 Å². The highest BCUT2D eigenvalue weighted by atomic mass is 16.3. The molecule has 1 aliphatic rings. The molecule has 0 radical (unpaired) electrons. The smallest absolute Gasteiger partial charge is 0.275 e. The fourth-order valence-corrected chi connectivity index (χ4v) is 3.56. The summed E-state index contributed by atoms with van der Waals surface area (Å²) >= 11 is 0. The number of amides is 1. The first-order valence-electron chi connectivity index (χ1n) is 9.72. The van der Waals surface area contributed by atoms with Crippen molar-refractivity contribution in [3.8, 4) is 0 Å². The number of aryl methyl sites for hydroxylation is 1. The number of aliphatic hydroxyl groups is 1. The third-order valence-electron chi connectivity index (χ3n) is 5.23. The van der Waals surface area contributed by atoms with Crippen LogP contribution in [-0.4, -0.2) is 75.6 Å². The number of aliphatic hydroxyl groups excluding tert-OH is 1. The predicted molar refractivity (Wildman–Crippen MR) is 104 cm³/mol. The molecule has 2 aromatic rings. The van der Waals surface area contributed by atoms with Crippen LogP contribution in [0, 0.1) is 0 Å². The molecule has 0 atom stereocenters. The third kappa shape index (κ3) is 5.37. The zero-order valence-electron chi connectivity index (χ0n) is 16.0. The van der Waals surface area contributed by atoms with Gasteiger partial charge in [0.15, 0.2) is 5.69 Å². The van der Waals surface area contributed by atoms with Gasteiger partial charge in [0, 0.05) is 26.7 Å². The van der Waals surface area contributed by atoms with Crippen LogP contribution in [0.5, 0.6) is 0 Å². The normalized spacial score (nSPS) is 15.8. The minimum Gasteiger partial charge on any atom is -0.395 e. The summed E-state index contributed by atoms with van der Waals surface area (Å²) in [6, 6.07) is 10.9. The molecule has 1 aromatic carbocycles. The van der Waals surface area contributed by atoms with Crippen molar-refractivity contribution in [2.24, 2.45) is 0 Å². The van der Waals surface area contributed by atoms with Crippen LogP contribution in [0.15, 0.2) is 36.5 Å². The zero-order chi connectivity index (χ0) is 19.1. The Morgan fingerprint density at radius 3 is 2.70 bits per heavy atom. The van der Waals surface area contributed by atoms with E-state index in [4.69, 9.17) is 5.11 Å². The maximum Gasteiger partial charge on any atom is 0.275 e. The Hall–Kier alpha value is -2.25. The molecule has 1 aliphatic heterocycles. The molecule has 27 heavy (non-hydrogen) atoms. The fraction of sp³-hybridized carbons (Fsp3) is 0.550. The molecule has 0 aliphatic carbocycles. The number of piperidine rings is 1. The van der Waals surface area contributed by atoms with E-state index in [0.29, 0.717) is 18.3 Å². The van der Waals surface area contributed by atoms with Crippen LogP contribution in [0.1, 0.15) is 41.4 Å². The van der Waals surface area contributed by atoms with Gasteiger partial charge in [0.25, 0.3) is 5.91 Å². The molecule has 7 nitrogen and oxygen atoms in total. The monoisotopic (exact) mass is 371 g/mol. The average molecular weight is 371 g/mol. The Morgan fingerprint density at radius 1 is 1.26 bits per heavy atom. The van der Waals surface area contributed by atoms with E-state index >= 15 is 0 Å². The molecule has 1 saturated heterocycles. The Labute approximate surface area is 160 Å². The molecule has 0 saturated carbocycles.